The smallest absolute Gasteiger partial charge is 0.0792 e. The predicted molar refractivity (Wildman–Crippen MR) is 71.3 cm³/mol. The third-order valence-electron chi connectivity index (χ3n) is 2.32. The zero-order valence-electron chi connectivity index (χ0n) is 7.95. The molecule has 0 aromatic rings. The van der Waals surface area contributed by atoms with Gasteiger partial charge in [0.05, 0.1) is 8.66 Å². The minimum atomic E-state index is 0.508. The third-order valence-corrected chi connectivity index (χ3v) is 9.64. The highest BCUT2D eigenvalue weighted by molar-refractivity contribution is 8.24. The van der Waals surface area contributed by atoms with Crippen molar-refractivity contribution in [2.75, 3.05) is 23.0 Å². The highest BCUT2D eigenvalue weighted by Gasteiger charge is 2.38. The monoisotopic (exact) mass is 252 g/mol. The first-order valence-electron chi connectivity index (χ1n) is 4.82. The van der Waals surface area contributed by atoms with Gasteiger partial charge in [-0.15, -0.1) is 47.0 Å². The number of thioether (sulfide) groups is 4. The van der Waals surface area contributed by atoms with Gasteiger partial charge in [-0.2, -0.15) is 0 Å². The average Bonchev–Trinajstić information content (AvgIpc) is 2.20. The molecule has 76 valence electrons. The topological polar surface area (TPSA) is 0 Å². The minimum absolute atomic E-state index is 0.508. The Morgan fingerprint density at radius 2 is 1.46 bits per heavy atom. The van der Waals surface area contributed by atoms with Crippen LogP contribution in [0.2, 0.25) is 0 Å². The summed E-state index contributed by atoms with van der Waals surface area (Å²) < 4.78 is 1.35. The molecule has 2 saturated heterocycles. The second kappa shape index (κ2) is 4.95. The lowest BCUT2D eigenvalue weighted by molar-refractivity contribution is 0.942. The van der Waals surface area contributed by atoms with Gasteiger partial charge in [-0.1, -0.05) is 0 Å². The molecule has 2 aliphatic heterocycles. The second-order valence-corrected chi connectivity index (χ2v) is 9.57. The molecule has 2 fully saturated rings. The van der Waals surface area contributed by atoms with Crippen LogP contribution in [0, 0.1) is 0 Å². The van der Waals surface area contributed by atoms with Gasteiger partial charge >= 0.3 is 0 Å². The number of hydrogen-bond acceptors (Lipinski definition) is 4. The Bertz CT molecular complexity index is 159. The quantitative estimate of drug-likeness (QED) is 0.696. The van der Waals surface area contributed by atoms with E-state index in [1.807, 2.05) is 0 Å². The maximum atomic E-state index is 2.46. The third kappa shape index (κ3) is 2.70. The lowest BCUT2D eigenvalue weighted by Gasteiger charge is -2.40. The van der Waals surface area contributed by atoms with Crippen molar-refractivity contribution < 1.29 is 0 Å². The molecular formula is C9H16S4. The van der Waals surface area contributed by atoms with Crippen LogP contribution in [0.3, 0.4) is 0 Å². The first-order valence-corrected chi connectivity index (χ1v) is 8.89. The fraction of sp³-hybridized carbons (Fsp3) is 1.00. The molecule has 0 unspecified atom stereocenters. The van der Waals surface area contributed by atoms with Crippen LogP contribution in [-0.4, -0.2) is 31.7 Å². The summed E-state index contributed by atoms with van der Waals surface area (Å²) in [5, 5.41) is 0. The Labute approximate surface area is 98.1 Å². The molecule has 0 aromatic carbocycles. The van der Waals surface area contributed by atoms with E-state index in [1.54, 1.807) is 0 Å². The van der Waals surface area contributed by atoms with E-state index in [4.69, 9.17) is 0 Å². The maximum absolute atomic E-state index is 2.46. The van der Waals surface area contributed by atoms with Gasteiger partial charge in [-0.25, -0.2) is 0 Å². The van der Waals surface area contributed by atoms with Gasteiger partial charge in [0.15, 0.2) is 0 Å². The molecule has 2 aliphatic rings. The molecule has 0 spiro atoms. The fourth-order valence-electron chi connectivity index (χ4n) is 1.58. The molecule has 0 radical (unpaired) electrons. The molecule has 0 saturated carbocycles. The number of hydrogen-bond donors (Lipinski definition) is 0. The van der Waals surface area contributed by atoms with Crippen LogP contribution >= 0.6 is 47.0 Å². The molecule has 13 heavy (non-hydrogen) atoms. The molecule has 2 rings (SSSR count). The first-order chi connectivity index (χ1) is 6.31. The highest BCUT2D eigenvalue weighted by Crippen LogP contribution is 2.53. The summed E-state index contributed by atoms with van der Waals surface area (Å²) in [5.74, 6) is 5.52. The molecule has 0 aliphatic carbocycles. The summed E-state index contributed by atoms with van der Waals surface area (Å²) in [6.45, 7) is 2.46. The van der Waals surface area contributed by atoms with Crippen LogP contribution in [0.5, 0.6) is 0 Å². The molecule has 4 heteroatoms. The Morgan fingerprint density at radius 3 is 2.08 bits per heavy atom. The van der Waals surface area contributed by atoms with E-state index in [9.17, 15) is 0 Å². The SMILES string of the molecule is CC1(C2SCCCS2)SCCCS1. The number of rotatable bonds is 1. The van der Waals surface area contributed by atoms with Crippen molar-refractivity contribution in [2.45, 2.75) is 28.4 Å². The Balaban J connectivity index is 1.94. The van der Waals surface area contributed by atoms with Gasteiger partial charge in [0.1, 0.15) is 0 Å². The predicted octanol–water partition coefficient (Wildman–Crippen LogP) is 3.77. The molecule has 0 amide bonds. The van der Waals surface area contributed by atoms with Crippen molar-refractivity contribution in [1.82, 2.24) is 0 Å². The minimum Gasteiger partial charge on any atom is -0.145 e. The van der Waals surface area contributed by atoms with E-state index in [-0.39, 0.29) is 0 Å². The maximum Gasteiger partial charge on any atom is 0.0792 e. The van der Waals surface area contributed by atoms with E-state index in [2.05, 4.69) is 54.0 Å². The summed E-state index contributed by atoms with van der Waals surface area (Å²) in [5.41, 5.74) is 0. The van der Waals surface area contributed by atoms with Crippen LogP contribution in [0.25, 0.3) is 0 Å². The van der Waals surface area contributed by atoms with Gasteiger partial charge in [0.2, 0.25) is 0 Å². The van der Waals surface area contributed by atoms with Crippen molar-refractivity contribution in [3.63, 3.8) is 0 Å². The van der Waals surface area contributed by atoms with Crippen molar-refractivity contribution in [3.8, 4) is 0 Å². The second-order valence-electron chi connectivity index (χ2n) is 3.49. The van der Waals surface area contributed by atoms with Crippen LogP contribution in [0.1, 0.15) is 19.8 Å². The average molecular weight is 252 g/mol. The van der Waals surface area contributed by atoms with Crippen LogP contribution < -0.4 is 0 Å². The molecule has 0 atom stereocenters. The standard InChI is InChI=1S/C9H16S4/c1-9(12-6-3-7-13-9)8-10-4-2-5-11-8/h8H,2-7H2,1H3. The van der Waals surface area contributed by atoms with Crippen LogP contribution in [0.15, 0.2) is 0 Å². The lowest BCUT2D eigenvalue weighted by atomic mass is 10.5. The lowest BCUT2D eigenvalue weighted by Crippen LogP contribution is -2.33. The van der Waals surface area contributed by atoms with E-state index in [0.717, 1.165) is 4.58 Å². The van der Waals surface area contributed by atoms with Gasteiger partial charge in [0, 0.05) is 0 Å². The normalized spacial score (nSPS) is 30.2. The molecule has 0 aromatic heterocycles. The molecule has 0 bridgehead atoms. The summed E-state index contributed by atoms with van der Waals surface area (Å²) >= 11 is 8.77. The van der Waals surface area contributed by atoms with E-state index in [0.29, 0.717) is 4.08 Å². The van der Waals surface area contributed by atoms with Gasteiger partial charge in [-0.05, 0) is 42.8 Å². The highest BCUT2D eigenvalue weighted by atomic mass is 32.2. The summed E-state index contributed by atoms with van der Waals surface area (Å²) in [4.78, 5) is 0. The van der Waals surface area contributed by atoms with E-state index in [1.165, 1.54) is 35.9 Å². The first kappa shape index (κ1) is 10.9. The zero-order valence-corrected chi connectivity index (χ0v) is 11.2. The fourth-order valence-corrected chi connectivity index (χ4v) is 8.69. The molecule has 0 nitrogen and oxygen atoms in total. The Morgan fingerprint density at radius 1 is 0.923 bits per heavy atom. The van der Waals surface area contributed by atoms with Crippen molar-refractivity contribution in [2.24, 2.45) is 0 Å². The summed E-state index contributed by atoms with van der Waals surface area (Å²) in [6, 6.07) is 0. The Hall–Kier alpha value is 1.40. The van der Waals surface area contributed by atoms with Crippen LogP contribution in [-0.2, 0) is 0 Å². The van der Waals surface area contributed by atoms with Crippen molar-refractivity contribution in [1.29, 1.82) is 0 Å². The van der Waals surface area contributed by atoms with E-state index >= 15 is 0 Å². The molecule has 2 heterocycles. The molecule has 0 N–H and O–H groups in total. The largest absolute Gasteiger partial charge is 0.145 e. The summed E-state index contributed by atoms with van der Waals surface area (Å²) in [7, 11) is 0. The Kier molecular flexibility index (Phi) is 4.15. The van der Waals surface area contributed by atoms with Gasteiger partial charge in [0.25, 0.3) is 0 Å². The molecular weight excluding hydrogens is 236 g/mol. The zero-order chi connectivity index (χ0) is 9.15. The van der Waals surface area contributed by atoms with Crippen molar-refractivity contribution in [3.05, 3.63) is 0 Å². The van der Waals surface area contributed by atoms with Crippen molar-refractivity contribution >= 4 is 47.0 Å². The summed E-state index contributed by atoms with van der Waals surface area (Å²) in [6.07, 6.45) is 2.82. The van der Waals surface area contributed by atoms with Gasteiger partial charge < -0.3 is 0 Å². The van der Waals surface area contributed by atoms with E-state index < -0.39 is 0 Å². The van der Waals surface area contributed by atoms with Gasteiger partial charge in [-0.3, -0.25) is 0 Å². The van der Waals surface area contributed by atoms with Crippen LogP contribution in [0.4, 0.5) is 0 Å².